The summed E-state index contributed by atoms with van der Waals surface area (Å²) in [4.78, 5) is 12.9. The average molecular weight is 253 g/mol. The van der Waals surface area contributed by atoms with Crippen molar-refractivity contribution in [2.45, 2.75) is 46.0 Å². The fourth-order valence-corrected chi connectivity index (χ4v) is 2.46. The Kier molecular flexibility index (Phi) is 6.94. The van der Waals surface area contributed by atoms with Gasteiger partial charge in [-0.05, 0) is 43.0 Å². The van der Waals surface area contributed by atoms with Gasteiger partial charge in [0.2, 0.25) is 5.91 Å². The van der Waals surface area contributed by atoms with Gasteiger partial charge in [-0.3, -0.25) is 4.79 Å². The zero-order valence-corrected chi connectivity index (χ0v) is 11.7. The first kappa shape index (κ1) is 14.2. The lowest BCUT2D eigenvalue weighted by atomic mass is 10.1. The molecule has 1 rings (SSSR count). The first-order valence-corrected chi connectivity index (χ1v) is 7.35. The molecule has 1 aromatic rings. The van der Waals surface area contributed by atoms with Crippen LogP contribution in [0, 0.1) is 5.92 Å². The number of hydrogen-bond donors (Lipinski definition) is 1. The minimum absolute atomic E-state index is 0.199. The lowest BCUT2D eigenvalue weighted by Crippen LogP contribution is -2.24. The van der Waals surface area contributed by atoms with Gasteiger partial charge >= 0.3 is 0 Å². The summed E-state index contributed by atoms with van der Waals surface area (Å²) in [7, 11) is 0. The molecule has 3 heteroatoms. The van der Waals surface area contributed by atoms with Crippen molar-refractivity contribution >= 4 is 17.2 Å². The lowest BCUT2D eigenvalue weighted by Gasteiger charge is -2.06. The van der Waals surface area contributed by atoms with Crippen molar-refractivity contribution in [2.75, 3.05) is 6.54 Å². The van der Waals surface area contributed by atoms with Crippen LogP contribution in [0.15, 0.2) is 17.5 Å². The van der Waals surface area contributed by atoms with E-state index in [0.29, 0.717) is 6.42 Å². The van der Waals surface area contributed by atoms with E-state index in [0.717, 1.165) is 31.7 Å². The molecule has 1 aromatic heterocycles. The van der Waals surface area contributed by atoms with Crippen LogP contribution in [-0.2, 0) is 11.2 Å². The summed E-state index contributed by atoms with van der Waals surface area (Å²) in [6.07, 6.45) is 4.91. The van der Waals surface area contributed by atoms with Crippen LogP contribution in [-0.4, -0.2) is 12.5 Å². The summed E-state index contributed by atoms with van der Waals surface area (Å²) in [6, 6.07) is 4.19. The van der Waals surface area contributed by atoms with Gasteiger partial charge in [-0.25, -0.2) is 0 Å². The smallest absolute Gasteiger partial charge is 0.220 e. The zero-order chi connectivity index (χ0) is 12.5. The van der Waals surface area contributed by atoms with Gasteiger partial charge in [-0.1, -0.05) is 19.9 Å². The zero-order valence-electron chi connectivity index (χ0n) is 10.9. The Morgan fingerprint density at radius 1 is 1.41 bits per heavy atom. The van der Waals surface area contributed by atoms with Gasteiger partial charge in [0.25, 0.3) is 0 Å². The van der Waals surface area contributed by atoms with Gasteiger partial charge in [-0.2, -0.15) is 0 Å². The minimum Gasteiger partial charge on any atom is -0.356 e. The highest BCUT2D eigenvalue weighted by Crippen LogP contribution is 2.11. The van der Waals surface area contributed by atoms with Crippen molar-refractivity contribution in [3.63, 3.8) is 0 Å². The van der Waals surface area contributed by atoms with Gasteiger partial charge in [0.1, 0.15) is 0 Å². The van der Waals surface area contributed by atoms with Crippen molar-refractivity contribution in [1.82, 2.24) is 5.32 Å². The van der Waals surface area contributed by atoms with Gasteiger partial charge in [0.15, 0.2) is 0 Å². The third-order valence-electron chi connectivity index (χ3n) is 2.69. The van der Waals surface area contributed by atoms with E-state index in [1.54, 1.807) is 11.3 Å². The Bertz CT molecular complexity index is 306. The number of carbonyl (C=O) groups excluding carboxylic acids is 1. The van der Waals surface area contributed by atoms with Crippen LogP contribution < -0.4 is 5.32 Å². The molecule has 1 N–H and O–H groups in total. The second-order valence-electron chi connectivity index (χ2n) is 4.82. The highest BCUT2D eigenvalue weighted by atomic mass is 32.1. The van der Waals surface area contributed by atoms with Crippen LogP contribution in [0.5, 0.6) is 0 Å². The summed E-state index contributed by atoms with van der Waals surface area (Å²) in [5.41, 5.74) is 0. The molecular formula is C14H23NOS. The number of rotatable bonds is 8. The topological polar surface area (TPSA) is 29.1 Å². The Labute approximate surface area is 108 Å². The van der Waals surface area contributed by atoms with Gasteiger partial charge in [0, 0.05) is 17.8 Å². The normalized spacial score (nSPS) is 10.8. The van der Waals surface area contributed by atoms with Crippen LogP contribution in [0.25, 0.3) is 0 Å². The van der Waals surface area contributed by atoms with Crippen LogP contribution >= 0.6 is 11.3 Å². The maximum absolute atomic E-state index is 11.5. The van der Waals surface area contributed by atoms with Gasteiger partial charge in [-0.15, -0.1) is 11.3 Å². The van der Waals surface area contributed by atoms with E-state index in [-0.39, 0.29) is 5.91 Å². The van der Waals surface area contributed by atoms with Crippen LogP contribution in [0.1, 0.15) is 44.4 Å². The predicted molar refractivity (Wildman–Crippen MR) is 74.3 cm³/mol. The maximum Gasteiger partial charge on any atom is 0.220 e. The number of hydrogen-bond acceptors (Lipinski definition) is 2. The molecule has 0 saturated carbocycles. The summed E-state index contributed by atoms with van der Waals surface area (Å²) < 4.78 is 0. The third-order valence-corrected chi connectivity index (χ3v) is 3.62. The van der Waals surface area contributed by atoms with E-state index in [1.807, 2.05) is 0 Å². The molecule has 0 aliphatic heterocycles. The molecule has 96 valence electrons. The maximum atomic E-state index is 11.5. The van der Waals surface area contributed by atoms with E-state index >= 15 is 0 Å². The molecule has 0 fully saturated rings. The molecule has 17 heavy (non-hydrogen) atoms. The molecule has 0 saturated heterocycles. The number of nitrogens with one attached hydrogen (secondary N) is 1. The molecule has 0 unspecified atom stereocenters. The molecule has 0 radical (unpaired) electrons. The van der Waals surface area contributed by atoms with Crippen molar-refractivity contribution in [2.24, 2.45) is 5.92 Å². The summed E-state index contributed by atoms with van der Waals surface area (Å²) in [6.45, 7) is 5.25. The molecule has 1 amide bonds. The van der Waals surface area contributed by atoms with Crippen molar-refractivity contribution in [3.8, 4) is 0 Å². The molecule has 0 aromatic carbocycles. The molecule has 0 bridgehead atoms. The highest BCUT2D eigenvalue weighted by molar-refractivity contribution is 7.09. The Morgan fingerprint density at radius 2 is 2.24 bits per heavy atom. The van der Waals surface area contributed by atoms with Crippen LogP contribution in [0.4, 0.5) is 0 Å². The molecule has 2 nitrogen and oxygen atoms in total. The summed E-state index contributed by atoms with van der Waals surface area (Å²) in [5, 5.41) is 5.07. The van der Waals surface area contributed by atoms with E-state index < -0.39 is 0 Å². The van der Waals surface area contributed by atoms with Gasteiger partial charge in [0.05, 0.1) is 0 Å². The quantitative estimate of drug-likeness (QED) is 0.704. The number of carbonyl (C=O) groups is 1. The monoisotopic (exact) mass is 253 g/mol. The minimum atomic E-state index is 0.199. The number of thiophene rings is 1. The van der Waals surface area contributed by atoms with Crippen LogP contribution in [0.2, 0.25) is 0 Å². The summed E-state index contributed by atoms with van der Waals surface area (Å²) in [5.74, 6) is 0.927. The molecular weight excluding hydrogens is 230 g/mol. The fourth-order valence-electron chi connectivity index (χ4n) is 1.70. The summed E-state index contributed by atoms with van der Waals surface area (Å²) >= 11 is 1.77. The number of amides is 1. The number of aryl methyl sites for hydroxylation is 1. The van der Waals surface area contributed by atoms with E-state index in [1.165, 1.54) is 11.3 Å². The molecule has 0 aliphatic rings. The van der Waals surface area contributed by atoms with Crippen molar-refractivity contribution in [1.29, 1.82) is 0 Å². The third kappa shape index (κ3) is 7.16. The first-order valence-electron chi connectivity index (χ1n) is 6.47. The van der Waals surface area contributed by atoms with Crippen LogP contribution in [0.3, 0.4) is 0 Å². The Morgan fingerprint density at radius 3 is 2.88 bits per heavy atom. The largest absolute Gasteiger partial charge is 0.356 e. The van der Waals surface area contributed by atoms with E-state index in [2.05, 4.69) is 36.7 Å². The first-order chi connectivity index (χ1) is 8.18. The Balaban J connectivity index is 1.98. The fraction of sp³-hybridized carbons (Fsp3) is 0.643. The second kappa shape index (κ2) is 8.29. The Hall–Kier alpha value is -0.830. The van der Waals surface area contributed by atoms with Gasteiger partial charge < -0.3 is 5.32 Å². The molecule has 0 atom stereocenters. The highest BCUT2D eigenvalue weighted by Gasteiger charge is 2.02. The molecule has 1 heterocycles. The predicted octanol–water partition coefficient (Wildman–Crippen LogP) is 3.62. The molecule has 0 aliphatic carbocycles. The van der Waals surface area contributed by atoms with E-state index in [9.17, 15) is 4.79 Å². The van der Waals surface area contributed by atoms with Crippen molar-refractivity contribution in [3.05, 3.63) is 22.4 Å². The van der Waals surface area contributed by atoms with E-state index in [4.69, 9.17) is 0 Å². The van der Waals surface area contributed by atoms with Crippen molar-refractivity contribution < 1.29 is 4.79 Å². The SMILES string of the molecule is CC(C)CCCNC(=O)CCCc1cccs1. The lowest BCUT2D eigenvalue weighted by molar-refractivity contribution is -0.121. The molecule has 0 spiro atoms. The second-order valence-corrected chi connectivity index (χ2v) is 5.85. The standard InChI is InChI=1S/C14H23NOS/c1-12(2)6-4-10-15-14(16)9-3-7-13-8-5-11-17-13/h5,8,11-12H,3-4,6-7,9-10H2,1-2H3,(H,15,16). The average Bonchev–Trinajstić information content (AvgIpc) is 2.77.